The Balaban J connectivity index is 2.40. The maximum Gasteiger partial charge on any atom is 0.362 e. The molecule has 0 aliphatic heterocycles. The number of carbonyl (C=O) groups excluding carboxylic acids is 1. The third kappa shape index (κ3) is 4.67. The number of benzene rings is 2. The van der Waals surface area contributed by atoms with Crippen LogP contribution in [0.1, 0.15) is 18.1 Å². The van der Waals surface area contributed by atoms with Gasteiger partial charge in [0, 0.05) is 10.6 Å². The number of hydrogen-bond acceptors (Lipinski definition) is 5. The third-order valence-corrected chi connectivity index (χ3v) is 3.36. The minimum atomic E-state index is -0.742. The molecule has 0 saturated carbocycles. The van der Waals surface area contributed by atoms with Gasteiger partial charge in [-0.05, 0) is 38.1 Å². The molecule has 0 saturated heterocycles. The number of aliphatic hydroxyl groups is 1. The molecule has 0 bridgehead atoms. The molecular weight excluding hydrogens is 328 g/mol. The van der Waals surface area contributed by atoms with E-state index in [-0.39, 0.29) is 18.1 Å². The zero-order valence-corrected chi connectivity index (χ0v) is 14.1. The van der Waals surface area contributed by atoms with E-state index in [9.17, 15) is 9.90 Å². The predicted octanol–water partition coefficient (Wildman–Crippen LogP) is 5.22. The molecule has 6 heteroatoms. The van der Waals surface area contributed by atoms with Crippen LogP contribution in [0.5, 0.6) is 0 Å². The molecule has 0 aliphatic rings. The van der Waals surface area contributed by atoms with E-state index >= 15 is 0 Å². The summed E-state index contributed by atoms with van der Waals surface area (Å²) in [5, 5.41) is 18.8. The number of carbonyl (C=O) groups is 1. The smallest absolute Gasteiger partial charge is 0.362 e. The number of hydrogen-bond donors (Lipinski definition) is 1. The second kappa shape index (κ2) is 8.26. The predicted molar refractivity (Wildman–Crippen MR) is 93.3 cm³/mol. The van der Waals surface area contributed by atoms with Crippen molar-refractivity contribution in [3.8, 4) is 0 Å². The SMILES string of the molecule is CCOC(=O)/C(N=Nc1ccc(Cl)cc1)=C(/O)c1ccc(C)cc1. The van der Waals surface area contributed by atoms with Gasteiger partial charge in [0.05, 0.1) is 12.3 Å². The fourth-order valence-corrected chi connectivity index (χ4v) is 1.97. The molecule has 24 heavy (non-hydrogen) atoms. The highest BCUT2D eigenvalue weighted by molar-refractivity contribution is 6.30. The van der Waals surface area contributed by atoms with E-state index in [2.05, 4.69) is 10.2 Å². The van der Waals surface area contributed by atoms with Crippen molar-refractivity contribution in [2.75, 3.05) is 6.61 Å². The highest BCUT2D eigenvalue weighted by Crippen LogP contribution is 2.22. The molecule has 0 unspecified atom stereocenters. The van der Waals surface area contributed by atoms with Gasteiger partial charge in [0.25, 0.3) is 0 Å². The number of azo groups is 1. The molecule has 0 spiro atoms. The Morgan fingerprint density at radius 1 is 1.12 bits per heavy atom. The van der Waals surface area contributed by atoms with Crippen LogP contribution in [0.2, 0.25) is 5.02 Å². The van der Waals surface area contributed by atoms with Gasteiger partial charge in [-0.1, -0.05) is 41.4 Å². The zero-order valence-electron chi connectivity index (χ0n) is 13.4. The van der Waals surface area contributed by atoms with Gasteiger partial charge in [-0.15, -0.1) is 5.11 Å². The Hall–Kier alpha value is -2.66. The van der Waals surface area contributed by atoms with Crippen molar-refractivity contribution in [1.29, 1.82) is 0 Å². The van der Waals surface area contributed by atoms with E-state index in [4.69, 9.17) is 16.3 Å². The zero-order chi connectivity index (χ0) is 17.5. The van der Waals surface area contributed by atoms with E-state index in [0.717, 1.165) is 5.56 Å². The average Bonchev–Trinajstić information content (AvgIpc) is 2.57. The fraction of sp³-hybridized carbons (Fsp3) is 0.167. The molecule has 2 rings (SSSR count). The summed E-state index contributed by atoms with van der Waals surface area (Å²) in [6.45, 7) is 3.77. The van der Waals surface area contributed by atoms with Crippen LogP contribution in [0.15, 0.2) is 64.5 Å². The first-order chi connectivity index (χ1) is 11.5. The van der Waals surface area contributed by atoms with Gasteiger partial charge in [-0.2, -0.15) is 5.11 Å². The molecule has 0 amide bonds. The molecule has 0 aliphatic carbocycles. The summed E-state index contributed by atoms with van der Waals surface area (Å²) in [4.78, 5) is 12.1. The van der Waals surface area contributed by atoms with Gasteiger partial charge >= 0.3 is 5.97 Å². The summed E-state index contributed by atoms with van der Waals surface area (Å²) in [5.74, 6) is -1.03. The first-order valence-electron chi connectivity index (χ1n) is 7.36. The summed E-state index contributed by atoms with van der Waals surface area (Å²) in [5.41, 5.74) is 1.74. The van der Waals surface area contributed by atoms with Gasteiger partial charge in [0.15, 0.2) is 5.76 Å². The fourth-order valence-electron chi connectivity index (χ4n) is 1.85. The number of ether oxygens (including phenoxy) is 1. The van der Waals surface area contributed by atoms with Crippen LogP contribution in [0, 0.1) is 6.92 Å². The Kier molecular flexibility index (Phi) is 6.09. The van der Waals surface area contributed by atoms with E-state index in [1.54, 1.807) is 43.3 Å². The van der Waals surface area contributed by atoms with Crippen LogP contribution in [0.25, 0.3) is 5.76 Å². The van der Waals surface area contributed by atoms with E-state index in [1.807, 2.05) is 19.1 Å². The first-order valence-corrected chi connectivity index (χ1v) is 7.73. The minimum Gasteiger partial charge on any atom is -0.505 e. The lowest BCUT2D eigenvalue weighted by Gasteiger charge is -2.06. The Morgan fingerprint density at radius 2 is 1.75 bits per heavy atom. The molecule has 0 aromatic heterocycles. The highest BCUT2D eigenvalue weighted by Gasteiger charge is 2.18. The van der Waals surface area contributed by atoms with Crippen LogP contribution in [0.3, 0.4) is 0 Å². The summed E-state index contributed by atoms with van der Waals surface area (Å²) >= 11 is 5.81. The second-order valence-electron chi connectivity index (χ2n) is 4.96. The lowest BCUT2D eigenvalue weighted by Crippen LogP contribution is -2.08. The third-order valence-electron chi connectivity index (χ3n) is 3.11. The van der Waals surface area contributed by atoms with Gasteiger partial charge in [-0.3, -0.25) is 0 Å². The van der Waals surface area contributed by atoms with Crippen LogP contribution in [0.4, 0.5) is 5.69 Å². The topological polar surface area (TPSA) is 71.2 Å². The standard InChI is InChI=1S/C18H17ClN2O3/c1-3-24-18(23)16(17(22)13-6-4-12(2)5-7-13)21-20-15-10-8-14(19)9-11-15/h4-11,22H,3H2,1-2H3/b17-16-,21-20?. The molecule has 0 fully saturated rings. The molecule has 0 atom stereocenters. The van der Waals surface area contributed by atoms with Gasteiger partial charge in [-0.25, -0.2) is 4.79 Å². The van der Waals surface area contributed by atoms with E-state index in [1.165, 1.54) is 0 Å². The lowest BCUT2D eigenvalue weighted by atomic mass is 10.1. The number of rotatable bonds is 5. The summed E-state index contributed by atoms with van der Waals surface area (Å²) in [6, 6.07) is 13.7. The van der Waals surface area contributed by atoms with Crippen LogP contribution < -0.4 is 0 Å². The van der Waals surface area contributed by atoms with E-state index < -0.39 is 5.97 Å². The molecular formula is C18H17ClN2O3. The molecule has 124 valence electrons. The molecule has 0 heterocycles. The van der Waals surface area contributed by atoms with Crippen molar-refractivity contribution in [1.82, 2.24) is 0 Å². The van der Waals surface area contributed by atoms with Crippen LogP contribution in [-0.4, -0.2) is 17.7 Å². The maximum absolute atomic E-state index is 12.1. The minimum absolute atomic E-state index is 0.167. The molecule has 2 aromatic carbocycles. The number of nitrogens with zero attached hydrogens (tertiary/aromatic N) is 2. The van der Waals surface area contributed by atoms with Crippen LogP contribution >= 0.6 is 11.6 Å². The van der Waals surface area contributed by atoms with Crippen molar-refractivity contribution >= 4 is 29.0 Å². The monoisotopic (exact) mass is 344 g/mol. The van der Waals surface area contributed by atoms with Gasteiger partial charge < -0.3 is 9.84 Å². The Morgan fingerprint density at radius 3 is 2.33 bits per heavy atom. The number of halogens is 1. The highest BCUT2D eigenvalue weighted by atomic mass is 35.5. The number of aryl methyl sites for hydroxylation is 1. The molecule has 2 aromatic rings. The van der Waals surface area contributed by atoms with Crippen molar-refractivity contribution < 1.29 is 14.6 Å². The second-order valence-corrected chi connectivity index (χ2v) is 5.40. The van der Waals surface area contributed by atoms with Gasteiger partial charge in [0.2, 0.25) is 5.70 Å². The summed E-state index contributed by atoms with van der Waals surface area (Å²) in [7, 11) is 0. The normalized spacial score (nSPS) is 12.1. The molecule has 1 N–H and O–H groups in total. The van der Waals surface area contributed by atoms with Crippen LogP contribution in [-0.2, 0) is 9.53 Å². The average molecular weight is 345 g/mol. The van der Waals surface area contributed by atoms with Gasteiger partial charge in [0.1, 0.15) is 0 Å². The van der Waals surface area contributed by atoms with Crippen molar-refractivity contribution in [2.45, 2.75) is 13.8 Å². The lowest BCUT2D eigenvalue weighted by molar-refractivity contribution is -0.138. The largest absolute Gasteiger partial charge is 0.505 e. The summed E-state index contributed by atoms with van der Waals surface area (Å²) in [6.07, 6.45) is 0. The van der Waals surface area contributed by atoms with Crippen molar-refractivity contribution in [3.05, 3.63) is 70.4 Å². The number of esters is 1. The maximum atomic E-state index is 12.1. The number of aliphatic hydroxyl groups excluding tert-OH is 1. The molecule has 5 nitrogen and oxygen atoms in total. The Labute approximate surface area is 145 Å². The Bertz CT molecular complexity index is 766. The van der Waals surface area contributed by atoms with Crippen molar-refractivity contribution in [3.63, 3.8) is 0 Å². The quantitative estimate of drug-likeness (QED) is 0.349. The first kappa shape index (κ1) is 17.7. The van der Waals surface area contributed by atoms with E-state index in [0.29, 0.717) is 16.3 Å². The summed E-state index contributed by atoms with van der Waals surface area (Å²) < 4.78 is 4.95. The van der Waals surface area contributed by atoms with Crippen molar-refractivity contribution in [2.24, 2.45) is 10.2 Å². The molecule has 0 radical (unpaired) electrons.